The normalized spacial score (nSPS) is 10.8. The van der Waals surface area contributed by atoms with Gasteiger partial charge < -0.3 is 24.3 Å². The first-order chi connectivity index (χ1) is 19.6. The van der Waals surface area contributed by atoms with Crippen molar-refractivity contribution in [2.24, 2.45) is 0 Å². The van der Waals surface area contributed by atoms with Crippen LogP contribution in [0.2, 0.25) is 0 Å². The molecule has 0 aliphatic heterocycles. The van der Waals surface area contributed by atoms with Crippen molar-refractivity contribution in [3.05, 3.63) is 125 Å². The molecule has 0 aromatic heterocycles. The average Bonchev–Trinajstić information content (AvgIpc) is 3.01. The van der Waals surface area contributed by atoms with Gasteiger partial charge >= 0.3 is 0 Å². The van der Waals surface area contributed by atoms with E-state index >= 15 is 0 Å². The zero-order chi connectivity index (χ0) is 28.2. The fourth-order valence-electron chi connectivity index (χ4n) is 3.90. The van der Waals surface area contributed by atoms with Crippen LogP contribution in [-0.4, -0.2) is 20.1 Å². The third kappa shape index (κ3) is 7.65. The minimum atomic E-state index is -0.448. The van der Waals surface area contributed by atoms with Crippen molar-refractivity contribution in [2.75, 3.05) is 14.2 Å². The van der Waals surface area contributed by atoms with E-state index in [0.717, 1.165) is 16.7 Å². The lowest BCUT2D eigenvalue weighted by Crippen LogP contribution is -2.23. The van der Waals surface area contributed by atoms with Crippen LogP contribution in [0.25, 0.3) is 6.08 Å². The molecule has 0 radical (unpaired) electrons. The molecule has 4 rings (SSSR count). The summed E-state index contributed by atoms with van der Waals surface area (Å²) < 4.78 is 23.0. The van der Waals surface area contributed by atoms with Crippen LogP contribution in [0.5, 0.6) is 23.0 Å². The predicted octanol–water partition coefficient (Wildman–Crippen LogP) is 6.09. The summed E-state index contributed by atoms with van der Waals surface area (Å²) in [5, 5.41) is 12.3. The first-order valence-corrected chi connectivity index (χ1v) is 12.7. The van der Waals surface area contributed by atoms with Gasteiger partial charge in [0.2, 0.25) is 0 Å². The van der Waals surface area contributed by atoms with Crippen molar-refractivity contribution < 1.29 is 23.7 Å². The molecular formula is C33H30N2O5. The van der Waals surface area contributed by atoms with Crippen LogP contribution in [0.4, 0.5) is 0 Å². The second kappa shape index (κ2) is 14.1. The standard InChI is InChI=1S/C33H30N2O5/c1-37-31-18-26(17-28(20-34)33(36)35-21-24-9-5-3-6-10-24)13-15-29(31)40-23-27-14-16-30(32(19-27)38-2)39-22-25-11-7-4-8-12-25/h3-19H,21-23H2,1-2H3,(H,35,36)/b28-17+. The smallest absolute Gasteiger partial charge is 0.262 e. The van der Waals surface area contributed by atoms with Gasteiger partial charge in [-0.1, -0.05) is 72.8 Å². The summed E-state index contributed by atoms with van der Waals surface area (Å²) in [7, 11) is 3.14. The molecule has 0 atom stereocenters. The van der Waals surface area contributed by atoms with Crippen molar-refractivity contribution in [1.82, 2.24) is 5.32 Å². The summed E-state index contributed by atoms with van der Waals surface area (Å²) in [6.45, 7) is 1.04. The number of benzene rings is 4. The molecule has 40 heavy (non-hydrogen) atoms. The van der Waals surface area contributed by atoms with E-state index < -0.39 is 5.91 Å². The van der Waals surface area contributed by atoms with E-state index in [0.29, 0.717) is 41.7 Å². The fraction of sp³-hybridized carbons (Fsp3) is 0.152. The van der Waals surface area contributed by atoms with Crippen molar-refractivity contribution >= 4 is 12.0 Å². The Morgan fingerprint density at radius 3 is 1.93 bits per heavy atom. The number of amides is 1. The van der Waals surface area contributed by atoms with Crippen LogP contribution in [0.15, 0.2) is 103 Å². The summed E-state index contributed by atoms with van der Waals surface area (Å²) in [4.78, 5) is 12.5. The predicted molar refractivity (Wildman–Crippen MR) is 153 cm³/mol. The third-order valence-corrected chi connectivity index (χ3v) is 6.02. The Balaban J connectivity index is 1.39. The van der Waals surface area contributed by atoms with E-state index in [1.807, 2.05) is 84.9 Å². The van der Waals surface area contributed by atoms with Gasteiger partial charge in [-0.15, -0.1) is 0 Å². The summed E-state index contributed by atoms with van der Waals surface area (Å²) in [6.07, 6.45) is 1.52. The molecule has 0 saturated carbocycles. The molecule has 1 N–H and O–H groups in total. The number of nitriles is 1. The lowest BCUT2D eigenvalue weighted by Gasteiger charge is -2.14. The van der Waals surface area contributed by atoms with Crippen molar-refractivity contribution in [3.8, 4) is 29.1 Å². The molecule has 0 spiro atoms. The molecule has 0 unspecified atom stereocenters. The van der Waals surface area contributed by atoms with Crippen molar-refractivity contribution in [1.29, 1.82) is 5.26 Å². The molecule has 0 saturated heterocycles. The average molecular weight is 535 g/mol. The Morgan fingerprint density at radius 1 is 0.725 bits per heavy atom. The number of hydrogen-bond donors (Lipinski definition) is 1. The molecule has 7 heteroatoms. The van der Waals surface area contributed by atoms with Crippen molar-refractivity contribution in [3.63, 3.8) is 0 Å². The van der Waals surface area contributed by atoms with Crippen LogP contribution in [0, 0.1) is 11.3 Å². The number of nitrogens with zero attached hydrogens (tertiary/aromatic N) is 1. The summed E-state index contributed by atoms with van der Waals surface area (Å²) in [6, 6.07) is 32.3. The topological polar surface area (TPSA) is 89.8 Å². The second-order valence-corrected chi connectivity index (χ2v) is 8.80. The van der Waals surface area contributed by atoms with Crippen LogP contribution >= 0.6 is 0 Å². The first-order valence-electron chi connectivity index (χ1n) is 12.7. The number of rotatable bonds is 12. The van der Waals surface area contributed by atoms with Crippen LogP contribution in [0.1, 0.15) is 22.3 Å². The number of nitrogens with one attached hydrogen (secondary N) is 1. The molecule has 1 amide bonds. The summed E-state index contributed by atoms with van der Waals surface area (Å²) in [5.41, 5.74) is 3.53. The zero-order valence-electron chi connectivity index (χ0n) is 22.4. The van der Waals surface area contributed by atoms with Gasteiger partial charge in [0.05, 0.1) is 14.2 Å². The Hall–Kier alpha value is -5.22. The minimum Gasteiger partial charge on any atom is -0.493 e. The van der Waals surface area contributed by atoms with Gasteiger partial charge in [-0.2, -0.15) is 5.26 Å². The molecule has 0 fully saturated rings. The van der Waals surface area contributed by atoms with Gasteiger partial charge in [-0.05, 0) is 52.6 Å². The summed E-state index contributed by atoms with van der Waals surface area (Å²) >= 11 is 0. The Morgan fingerprint density at radius 2 is 1.30 bits per heavy atom. The van der Waals surface area contributed by atoms with E-state index in [4.69, 9.17) is 18.9 Å². The molecule has 7 nitrogen and oxygen atoms in total. The highest BCUT2D eigenvalue weighted by molar-refractivity contribution is 6.01. The van der Waals surface area contributed by atoms with Gasteiger partial charge in [-0.25, -0.2) is 0 Å². The first kappa shape index (κ1) is 27.8. The van der Waals surface area contributed by atoms with Crippen molar-refractivity contribution in [2.45, 2.75) is 19.8 Å². The van der Waals surface area contributed by atoms with E-state index in [1.165, 1.54) is 13.2 Å². The number of methoxy groups -OCH3 is 2. The number of ether oxygens (including phenoxy) is 4. The highest BCUT2D eigenvalue weighted by Gasteiger charge is 2.12. The van der Waals surface area contributed by atoms with E-state index in [1.54, 1.807) is 25.3 Å². The Bertz CT molecular complexity index is 1490. The molecule has 4 aromatic rings. The van der Waals surface area contributed by atoms with Crippen LogP contribution < -0.4 is 24.3 Å². The molecule has 0 heterocycles. The van der Waals surface area contributed by atoms with Crippen LogP contribution in [0.3, 0.4) is 0 Å². The Labute approximate surface area is 234 Å². The number of carbonyl (C=O) groups excluding carboxylic acids is 1. The summed E-state index contributed by atoms with van der Waals surface area (Å²) in [5.74, 6) is 1.81. The molecule has 0 aliphatic carbocycles. The van der Waals surface area contributed by atoms with Gasteiger partial charge in [0.15, 0.2) is 23.0 Å². The molecule has 0 bridgehead atoms. The third-order valence-electron chi connectivity index (χ3n) is 6.02. The monoisotopic (exact) mass is 534 g/mol. The van der Waals surface area contributed by atoms with E-state index in [2.05, 4.69) is 5.32 Å². The van der Waals surface area contributed by atoms with E-state index in [9.17, 15) is 10.1 Å². The maximum Gasteiger partial charge on any atom is 0.262 e. The fourth-order valence-corrected chi connectivity index (χ4v) is 3.90. The van der Waals surface area contributed by atoms with Gasteiger partial charge in [0.25, 0.3) is 5.91 Å². The van der Waals surface area contributed by atoms with Crippen LogP contribution in [-0.2, 0) is 24.6 Å². The zero-order valence-corrected chi connectivity index (χ0v) is 22.4. The lowest BCUT2D eigenvalue weighted by molar-refractivity contribution is -0.117. The maximum absolute atomic E-state index is 12.5. The molecular weight excluding hydrogens is 504 g/mol. The largest absolute Gasteiger partial charge is 0.493 e. The molecule has 4 aromatic carbocycles. The van der Waals surface area contributed by atoms with Gasteiger partial charge in [0.1, 0.15) is 24.9 Å². The SMILES string of the molecule is COc1cc(/C=C(\C#N)C(=O)NCc2ccccc2)ccc1OCc1ccc(OCc2ccccc2)c(OC)c1. The molecule has 202 valence electrons. The lowest BCUT2D eigenvalue weighted by atomic mass is 10.1. The van der Waals surface area contributed by atoms with E-state index in [-0.39, 0.29) is 12.2 Å². The highest BCUT2D eigenvalue weighted by Crippen LogP contribution is 2.32. The minimum absolute atomic E-state index is 0.00618. The number of hydrogen-bond acceptors (Lipinski definition) is 6. The van der Waals surface area contributed by atoms with Gasteiger partial charge in [0, 0.05) is 6.54 Å². The maximum atomic E-state index is 12.5. The molecule has 0 aliphatic rings. The second-order valence-electron chi connectivity index (χ2n) is 8.80. The van der Waals surface area contributed by atoms with Gasteiger partial charge in [-0.3, -0.25) is 4.79 Å². The number of carbonyl (C=O) groups is 1. The highest BCUT2D eigenvalue weighted by atomic mass is 16.5. The Kier molecular flexibility index (Phi) is 9.78. The quantitative estimate of drug-likeness (QED) is 0.175.